The number of aromatic nitrogens is 2. The molecule has 2 aliphatic rings. The molecule has 1 aliphatic carbocycles. The fourth-order valence-electron chi connectivity index (χ4n) is 3.80. The summed E-state index contributed by atoms with van der Waals surface area (Å²) in [5, 5.41) is 8.79. The number of nitrogens with one attached hydrogen (secondary N) is 1. The lowest BCUT2D eigenvalue weighted by atomic mass is 9.94. The maximum Gasteiger partial charge on any atom is 0.254 e. The van der Waals surface area contributed by atoms with Crippen LogP contribution in [0.2, 0.25) is 10.0 Å². The summed E-state index contributed by atoms with van der Waals surface area (Å²) in [5.41, 5.74) is 2.46. The highest BCUT2D eigenvalue weighted by Crippen LogP contribution is 2.39. The Balaban J connectivity index is 1.77. The first-order valence-corrected chi connectivity index (χ1v) is 10.5. The van der Waals surface area contributed by atoms with Crippen molar-refractivity contribution in [2.24, 2.45) is 5.92 Å². The Morgan fingerprint density at radius 2 is 2.07 bits per heavy atom. The van der Waals surface area contributed by atoms with Crippen molar-refractivity contribution in [3.63, 3.8) is 0 Å². The molecule has 1 unspecified atom stereocenters. The minimum atomic E-state index is -0.341. The van der Waals surface area contributed by atoms with Crippen molar-refractivity contribution >= 4 is 34.9 Å². The van der Waals surface area contributed by atoms with Crippen molar-refractivity contribution < 1.29 is 4.79 Å². The van der Waals surface area contributed by atoms with E-state index in [9.17, 15) is 4.79 Å². The second-order valence-electron chi connectivity index (χ2n) is 7.60. The summed E-state index contributed by atoms with van der Waals surface area (Å²) in [4.78, 5) is 15.7. The van der Waals surface area contributed by atoms with E-state index in [0.717, 1.165) is 36.6 Å². The summed E-state index contributed by atoms with van der Waals surface area (Å²) in [6.45, 7) is 5.64. The van der Waals surface area contributed by atoms with Crippen LogP contribution in [0, 0.1) is 5.92 Å². The van der Waals surface area contributed by atoms with Crippen molar-refractivity contribution in [1.29, 1.82) is 0 Å². The molecule has 4 rings (SSSR count). The molecule has 1 aromatic carbocycles. The molecule has 0 saturated heterocycles. The molecule has 0 spiro atoms. The van der Waals surface area contributed by atoms with Crippen molar-refractivity contribution in [1.82, 2.24) is 14.7 Å². The number of benzene rings is 1. The zero-order chi connectivity index (χ0) is 19.8. The highest BCUT2D eigenvalue weighted by atomic mass is 35.5. The molecule has 1 aromatic heterocycles. The molecule has 28 heavy (non-hydrogen) atoms. The van der Waals surface area contributed by atoms with Crippen molar-refractivity contribution in [2.45, 2.75) is 39.2 Å². The number of amides is 1. The lowest BCUT2D eigenvalue weighted by Gasteiger charge is -2.33. The van der Waals surface area contributed by atoms with E-state index in [4.69, 9.17) is 23.2 Å². The molecular formula is C21H24Cl2N4O. The first kappa shape index (κ1) is 19.3. The Hall–Kier alpha value is -1.98. The highest BCUT2D eigenvalue weighted by Gasteiger charge is 2.36. The molecule has 2 aromatic rings. The maximum atomic E-state index is 13.7. The Labute approximate surface area is 175 Å². The average molecular weight is 419 g/mol. The van der Waals surface area contributed by atoms with E-state index in [-0.39, 0.29) is 11.9 Å². The van der Waals surface area contributed by atoms with E-state index >= 15 is 0 Å². The molecule has 7 heteroatoms. The van der Waals surface area contributed by atoms with Gasteiger partial charge in [0.15, 0.2) is 0 Å². The van der Waals surface area contributed by atoms with E-state index in [1.54, 1.807) is 12.3 Å². The molecule has 148 valence electrons. The smallest absolute Gasteiger partial charge is 0.254 e. The van der Waals surface area contributed by atoms with Crippen LogP contribution in [0.5, 0.6) is 0 Å². The van der Waals surface area contributed by atoms with Gasteiger partial charge in [-0.1, -0.05) is 36.2 Å². The van der Waals surface area contributed by atoms with Crippen molar-refractivity contribution in [3.8, 4) is 0 Å². The Morgan fingerprint density at radius 3 is 2.75 bits per heavy atom. The standard InChI is InChI=1S/C21H24Cl2N4O/c1-3-10-26(12-14-4-5-14)21(28)19-13(2)25-18-8-9-24-27(18)20(19)15-6-7-16(22)17(23)11-15/h6-9,11,14,20,25H,3-5,10,12H2,1-2H3. The monoisotopic (exact) mass is 418 g/mol. The number of fused-ring (bicyclic) bond motifs is 1. The zero-order valence-electron chi connectivity index (χ0n) is 16.1. The van der Waals surface area contributed by atoms with E-state index in [2.05, 4.69) is 17.3 Å². The van der Waals surface area contributed by atoms with Crippen LogP contribution in [-0.4, -0.2) is 33.7 Å². The van der Waals surface area contributed by atoms with Gasteiger partial charge in [-0.2, -0.15) is 5.10 Å². The van der Waals surface area contributed by atoms with Crippen LogP contribution in [0.3, 0.4) is 0 Å². The number of carbonyl (C=O) groups excluding carboxylic acids is 1. The van der Waals surface area contributed by atoms with Gasteiger partial charge in [-0.3, -0.25) is 4.79 Å². The fourth-order valence-corrected chi connectivity index (χ4v) is 4.11. The summed E-state index contributed by atoms with van der Waals surface area (Å²) in [6, 6.07) is 7.09. The molecule has 1 N–H and O–H groups in total. The van der Waals surface area contributed by atoms with Gasteiger partial charge < -0.3 is 10.2 Å². The first-order chi connectivity index (χ1) is 13.5. The third kappa shape index (κ3) is 3.65. The fraction of sp³-hybridized carbons (Fsp3) is 0.429. The zero-order valence-corrected chi connectivity index (χ0v) is 17.6. The van der Waals surface area contributed by atoms with E-state index < -0.39 is 0 Å². The predicted molar refractivity (Wildman–Crippen MR) is 113 cm³/mol. The van der Waals surface area contributed by atoms with Crippen molar-refractivity contribution in [2.75, 3.05) is 18.4 Å². The normalized spacial score (nSPS) is 18.6. The van der Waals surface area contributed by atoms with Gasteiger partial charge in [-0.25, -0.2) is 4.68 Å². The largest absolute Gasteiger partial charge is 0.344 e. The highest BCUT2D eigenvalue weighted by molar-refractivity contribution is 6.42. The minimum Gasteiger partial charge on any atom is -0.344 e. The number of nitrogens with zero attached hydrogens (tertiary/aromatic N) is 3. The Bertz CT molecular complexity index is 932. The van der Waals surface area contributed by atoms with Gasteiger partial charge in [-0.15, -0.1) is 0 Å². The topological polar surface area (TPSA) is 50.2 Å². The van der Waals surface area contributed by atoms with E-state index in [1.807, 2.05) is 34.7 Å². The summed E-state index contributed by atoms with van der Waals surface area (Å²) in [7, 11) is 0. The van der Waals surface area contributed by atoms with Crippen LogP contribution in [0.1, 0.15) is 44.7 Å². The molecule has 5 nitrogen and oxygen atoms in total. The molecule has 1 amide bonds. The Morgan fingerprint density at radius 1 is 1.29 bits per heavy atom. The lowest BCUT2D eigenvalue weighted by molar-refractivity contribution is -0.128. The number of hydrogen-bond donors (Lipinski definition) is 1. The van der Waals surface area contributed by atoms with Gasteiger partial charge in [0.05, 0.1) is 21.8 Å². The Kier molecular flexibility index (Phi) is 5.39. The van der Waals surface area contributed by atoms with Gasteiger partial charge in [-0.05, 0) is 49.8 Å². The number of allylic oxidation sites excluding steroid dienone is 1. The van der Waals surface area contributed by atoms with Crippen molar-refractivity contribution in [3.05, 3.63) is 57.3 Å². The molecule has 0 radical (unpaired) electrons. The van der Waals surface area contributed by atoms with Gasteiger partial charge in [0.25, 0.3) is 5.91 Å². The van der Waals surface area contributed by atoms with Gasteiger partial charge in [0.1, 0.15) is 11.9 Å². The predicted octanol–water partition coefficient (Wildman–Crippen LogP) is 5.13. The third-order valence-corrected chi connectivity index (χ3v) is 6.09. The maximum absolute atomic E-state index is 13.7. The summed E-state index contributed by atoms with van der Waals surface area (Å²) < 4.78 is 1.85. The lowest BCUT2D eigenvalue weighted by Crippen LogP contribution is -2.39. The molecule has 1 saturated carbocycles. The molecule has 1 fully saturated rings. The number of halogens is 2. The van der Waals surface area contributed by atoms with Crippen LogP contribution in [0.25, 0.3) is 0 Å². The molecule has 1 atom stereocenters. The van der Waals surface area contributed by atoms with Gasteiger partial charge >= 0.3 is 0 Å². The van der Waals surface area contributed by atoms with Crippen LogP contribution >= 0.6 is 23.2 Å². The molecule has 1 aliphatic heterocycles. The summed E-state index contributed by atoms with van der Waals surface area (Å²) >= 11 is 12.4. The van der Waals surface area contributed by atoms with Crippen LogP contribution in [-0.2, 0) is 4.79 Å². The quantitative estimate of drug-likeness (QED) is 0.707. The minimum absolute atomic E-state index is 0.0657. The summed E-state index contributed by atoms with van der Waals surface area (Å²) in [5.74, 6) is 1.56. The number of hydrogen-bond acceptors (Lipinski definition) is 3. The number of rotatable bonds is 6. The van der Waals surface area contributed by atoms with E-state index in [1.165, 1.54) is 12.8 Å². The summed E-state index contributed by atoms with van der Waals surface area (Å²) in [6.07, 6.45) is 5.09. The third-order valence-electron chi connectivity index (χ3n) is 5.35. The first-order valence-electron chi connectivity index (χ1n) is 9.75. The van der Waals surface area contributed by atoms with Gasteiger partial charge in [0, 0.05) is 24.9 Å². The molecule has 2 heterocycles. The molecule has 0 bridgehead atoms. The molecular weight excluding hydrogens is 395 g/mol. The van der Waals surface area contributed by atoms with E-state index in [0.29, 0.717) is 21.5 Å². The average Bonchev–Trinajstić information content (AvgIpc) is 3.37. The second-order valence-corrected chi connectivity index (χ2v) is 8.41. The van der Waals surface area contributed by atoms with Crippen LogP contribution in [0.4, 0.5) is 5.82 Å². The SMILES string of the molecule is CCCN(CC1CC1)C(=O)C1=C(C)Nc2ccnn2C1c1ccc(Cl)c(Cl)c1. The van der Waals surface area contributed by atoms with Gasteiger partial charge in [0.2, 0.25) is 0 Å². The van der Waals surface area contributed by atoms with Crippen LogP contribution in [0.15, 0.2) is 41.7 Å². The second kappa shape index (κ2) is 7.80. The number of anilines is 1. The number of carbonyl (C=O) groups is 1. The van der Waals surface area contributed by atoms with Crippen LogP contribution < -0.4 is 5.32 Å².